The van der Waals surface area contributed by atoms with Crippen molar-refractivity contribution >= 4 is 23.3 Å². The Morgan fingerprint density at radius 2 is 1.03 bits per heavy atom. The van der Waals surface area contributed by atoms with Gasteiger partial charge in [-0.3, -0.25) is 19.6 Å². The van der Waals surface area contributed by atoms with Gasteiger partial charge in [-0.2, -0.15) is 0 Å². The second kappa shape index (κ2) is 11.4. The largest absolute Gasteiger partial charge is 0.393 e. The molecule has 0 unspecified atom stereocenters. The fourth-order valence-corrected chi connectivity index (χ4v) is 4.01. The minimum atomic E-state index is -0.275. The highest BCUT2D eigenvalue weighted by atomic mass is 16.1. The van der Waals surface area contributed by atoms with Gasteiger partial charge in [0.05, 0.1) is 12.4 Å². The maximum Gasteiger partial charge on any atom is 0.275 e. The zero-order chi connectivity index (χ0) is 22.1. The van der Waals surface area contributed by atoms with Crippen LogP contribution in [0.25, 0.3) is 0 Å². The smallest absolute Gasteiger partial charge is 0.275 e. The molecule has 0 aromatic carbocycles. The number of nitrogens with one attached hydrogen (secondary N) is 4. The molecule has 2 heterocycles. The molecule has 2 aliphatic rings. The average Bonchev–Trinajstić information content (AvgIpc) is 3.03. The molecule has 2 aromatic heterocycles. The standard InChI is InChI=1S/C11H18N4O.C10H16N4O/c12-9-7-13-11(15-10(9)16)14-8-5-3-1-2-4-6-8;11-8-6-12-10(14-9(8)15)13-7-4-2-1-3-5-7/h7-8H,1-6,12H2,(H2,13,14,15,16);6-7H,1-5,11H2,(H2,12,13,14,15). The van der Waals surface area contributed by atoms with Gasteiger partial charge in [0.15, 0.2) is 0 Å². The summed E-state index contributed by atoms with van der Waals surface area (Å²) in [6.07, 6.45) is 16.3. The number of hydrogen-bond acceptors (Lipinski definition) is 8. The van der Waals surface area contributed by atoms with Crippen molar-refractivity contribution in [3.05, 3.63) is 33.1 Å². The third-order valence-corrected chi connectivity index (χ3v) is 5.80. The van der Waals surface area contributed by atoms with Crippen LogP contribution < -0.4 is 33.2 Å². The number of nitrogen functional groups attached to an aromatic ring is 2. The molecule has 2 fully saturated rings. The van der Waals surface area contributed by atoms with Crippen LogP contribution in [0.15, 0.2) is 22.0 Å². The molecule has 0 saturated heterocycles. The fourth-order valence-electron chi connectivity index (χ4n) is 4.01. The van der Waals surface area contributed by atoms with E-state index in [1.165, 1.54) is 57.3 Å². The van der Waals surface area contributed by atoms with Crippen molar-refractivity contribution in [2.24, 2.45) is 0 Å². The van der Waals surface area contributed by atoms with Crippen molar-refractivity contribution in [3.8, 4) is 0 Å². The molecular weight excluding hydrogens is 396 g/mol. The van der Waals surface area contributed by atoms with Crippen molar-refractivity contribution in [2.75, 3.05) is 22.1 Å². The summed E-state index contributed by atoms with van der Waals surface area (Å²) >= 11 is 0. The highest BCUT2D eigenvalue weighted by Crippen LogP contribution is 2.20. The van der Waals surface area contributed by atoms with Gasteiger partial charge in [-0.05, 0) is 25.7 Å². The van der Waals surface area contributed by atoms with Gasteiger partial charge in [-0.25, -0.2) is 9.97 Å². The van der Waals surface area contributed by atoms with E-state index in [0.29, 0.717) is 24.0 Å². The number of hydrogen-bond donors (Lipinski definition) is 6. The fraction of sp³-hybridized carbons (Fsp3) is 0.619. The Bertz CT molecular complexity index is 927. The molecule has 0 spiro atoms. The average molecular weight is 431 g/mol. The molecule has 10 nitrogen and oxygen atoms in total. The molecule has 0 atom stereocenters. The molecule has 0 amide bonds. The van der Waals surface area contributed by atoms with Crippen LogP contribution >= 0.6 is 0 Å². The van der Waals surface area contributed by atoms with Crippen molar-refractivity contribution < 1.29 is 0 Å². The minimum absolute atomic E-state index is 0.157. The van der Waals surface area contributed by atoms with Crippen LogP contribution in [-0.4, -0.2) is 32.0 Å². The van der Waals surface area contributed by atoms with Crippen LogP contribution in [0, 0.1) is 0 Å². The minimum Gasteiger partial charge on any atom is -0.393 e. The van der Waals surface area contributed by atoms with Gasteiger partial charge in [0, 0.05) is 12.1 Å². The van der Waals surface area contributed by atoms with Crippen LogP contribution in [0.4, 0.5) is 23.3 Å². The lowest BCUT2D eigenvalue weighted by molar-refractivity contribution is 0.461. The quantitative estimate of drug-likeness (QED) is 0.402. The summed E-state index contributed by atoms with van der Waals surface area (Å²) in [6.45, 7) is 0. The van der Waals surface area contributed by atoms with E-state index in [-0.39, 0.29) is 22.5 Å². The predicted octanol–water partition coefficient (Wildman–Crippen LogP) is 2.58. The van der Waals surface area contributed by atoms with Gasteiger partial charge in [0.25, 0.3) is 11.1 Å². The van der Waals surface area contributed by atoms with Gasteiger partial charge in [0.2, 0.25) is 11.9 Å². The Morgan fingerprint density at radius 1 is 0.677 bits per heavy atom. The monoisotopic (exact) mass is 430 g/mol. The van der Waals surface area contributed by atoms with Crippen LogP contribution in [0.3, 0.4) is 0 Å². The van der Waals surface area contributed by atoms with Crippen molar-refractivity contribution in [1.82, 2.24) is 19.9 Å². The second-order valence-corrected chi connectivity index (χ2v) is 8.34. The second-order valence-electron chi connectivity index (χ2n) is 8.34. The summed E-state index contributed by atoms with van der Waals surface area (Å²) in [7, 11) is 0. The van der Waals surface area contributed by atoms with Crippen LogP contribution in [0.2, 0.25) is 0 Å². The van der Waals surface area contributed by atoms with Gasteiger partial charge in [0.1, 0.15) is 11.4 Å². The summed E-state index contributed by atoms with van der Waals surface area (Å²) in [6, 6.07) is 0.861. The van der Waals surface area contributed by atoms with Crippen molar-refractivity contribution in [1.29, 1.82) is 0 Å². The Balaban J connectivity index is 0.000000176. The Kier molecular flexibility index (Phi) is 8.31. The van der Waals surface area contributed by atoms with Gasteiger partial charge in [-0.15, -0.1) is 0 Å². The Labute approximate surface area is 181 Å². The molecular formula is C21H34N8O2. The first-order chi connectivity index (χ1) is 15.0. The van der Waals surface area contributed by atoms with Gasteiger partial charge in [-0.1, -0.05) is 44.9 Å². The lowest BCUT2D eigenvalue weighted by Gasteiger charge is -2.22. The van der Waals surface area contributed by atoms with Crippen LogP contribution in [0.5, 0.6) is 0 Å². The van der Waals surface area contributed by atoms with E-state index in [1.807, 2.05) is 0 Å². The van der Waals surface area contributed by atoms with E-state index >= 15 is 0 Å². The third-order valence-electron chi connectivity index (χ3n) is 5.80. The van der Waals surface area contributed by atoms with Crippen LogP contribution in [-0.2, 0) is 0 Å². The Hall–Kier alpha value is -3.04. The number of nitrogens with two attached hydrogens (primary N) is 2. The van der Waals surface area contributed by atoms with E-state index in [9.17, 15) is 9.59 Å². The number of nitrogens with zero attached hydrogens (tertiary/aromatic N) is 2. The normalized spacial score (nSPS) is 17.8. The topological polar surface area (TPSA) is 168 Å². The zero-order valence-electron chi connectivity index (χ0n) is 18.0. The first-order valence-corrected chi connectivity index (χ1v) is 11.2. The predicted molar refractivity (Wildman–Crippen MR) is 124 cm³/mol. The number of aromatic amines is 2. The number of H-pyrrole nitrogens is 2. The van der Waals surface area contributed by atoms with E-state index in [4.69, 9.17) is 11.5 Å². The van der Waals surface area contributed by atoms with E-state index < -0.39 is 0 Å². The molecule has 31 heavy (non-hydrogen) atoms. The van der Waals surface area contributed by atoms with Crippen molar-refractivity contribution in [2.45, 2.75) is 82.7 Å². The van der Waals surface area contributed by atoms with Gasteiger partial charge < -0.3 is 22.1 Å². The van der Waals surface area contributed by atoms with Crippen molar-refractivity contribution in [3.63, 3.8) is 0 Å². The maximum atomic E-state index is 11.3. The van der Waals surface area contributed by atoms with E-state index in [2.05, 4.69) is 30.6 Å². The third kappa shape index (κ3) is 7.30. The first kappa shape index (κ1) is 22.6. The summed E-state index contributed by atoms with van der Waals surface area (Å²) in [5.41, 5.74) is 10.6. The molecule has 2 aliphatic carbocycles. The highest BCUT2D eigenvalue weighted by molar-refractivity contribution is 5.37. The molecule has 0 aliphatic heterocycles. The lowest BCUT2D eigenvalue weighted by Crippen LogP contribution is -2.25. The Morgan fingerprint density at radius 3 is 1.39 bits per heavy atom. The van der Waals surface area contributed by atoms with Gasteiger partial charge >= 0.3 is 0 Å². The summed E-state index contributed by atoms with van der Waals surface area (Å²) in [5, 5.41) is 6.49. The summed E-state index contributed by atoms with van der Waals surface area (Å²) in [5.74, 6) is 1.06. The van der Waals surface area contributed by atoms with Crippen LogP contribution in [0.1, 0.15) is 70.6 Å². The molecule has 0 radical (unpaired) electrons. The van der Waals surface area contributed by atoms with E-state index in [1.54, 1.807) is 0 Å². The number of anilines is 4. The molecule has 2 aromatic rings. The molecule has 4 rings (SSSR count). The highest BCUT2D eigenvalue weighted by Gasteiger charge is 2.14. The first-order valence-electron chi connectivity index (χ1n) is 11.2. The molecule has 2 saturated carbocycles. The molecule has 10 heteroatoms. The summed E-state index contributed by atoms with van der Waals surface area (Å²) < 4.78 is 0. The molecule has 8 N–H and O–H groups in total. The molecule has 170 valence electrons. The molecule has 0 bridgehead atoms. The number of aromatic nitrogens is 4. The SMILES string of the molecule is Nc1cnc(NC2CCCCC2)[nH]c1=O.Nc1cnc(NC2CCCCCC2)[nH]c1=O. The lowest BCUT2D eigenvalue weighted by atomic mass is 9.96. The summed E-state index contributed by atoms with van der Waals surface area (Å²) in [4.78, 5) is 35.9. The number of rotatable bonds is 4. The van der Waals surface area contributed by atoms with E-state index in [0.717, 1.165) is 25.7 Å². The zero-order valence-corrected chi connectivity index (χ0v) is 18.0. The maximum absolute atomic E-state index is 11.3.